The standard InChI is InChI=1S/C30H38N2O2/c1-33-29-18-15-24(23-30(29)34-2)19-21-31-20-9-3-4-10-22-32-27-13-7-5-11-25(27)16-17-26-12-6-8-14-28(26)32/h5-8,11-15,18,23,31H,3-4,9-10,16-17,19-22H2,1-2H3. The summed E-state index contributed by atoms with van der Waals surface area (Å²) in [6.45, 7) is 3.14. The molecule has 0 amide bonds. The van der Waals surface area contributed by atoms with Crippen LogP contribution in [0.5, 0.6) is 11.5 Å². The highest BCUT2D eigenvalue weighted by Gasteiger charge is 2.19. The van der Waals surface area contributed by atoms with Gasteiger partial charge in [0, 0.05) is 17.9 Å². The van der Waals surface area contributed by atoms with Crippen LogP contribution in [0.4, 0.5) is 11.4 Å². The first kappa shape index (κ1) is 24.2. The molecule has 0 spiro atoms. The minimum Gasteiger partial charge on any atom is -0.493 e. The molecule has 180 valence electrons. The Balaban J connectivity index is 1.17. The Morgan fingerprint density at radius 1 is 0.706 bits per heavy atom. The highest BCUT2D eigenvalue weighted by Crippen LogP contribution is 2.36. The van der Waals surface area contributed by atoms with Crippen LogP contribution in [0.2, 0.25) is 0 Å². The van der Waals surface area contributed by atoms with Crippen molar-refractivity contribution in [2.24, 2.45) is 0 Å². The molecule has 0 saturated carbocycles. The molecule has 0 saturated heterocycles. The Hall–Kier alpha value is -2.98. The van der Waals surface area contributed by atoms with E-state index >= 15 is 0 Å². The second-order valence-corrected chi connectivity index (χ2v) is 9.01. The fourth-order valence-corrected chi connectivity index (χ4v) is 4.88. The molecular weight excluding hydrogens is 420 g/mol. The van der Waals surface area contributed by atoms with Crippen molar-refractivity contribution in [2.45, 2.75) is 44.9 Å². The van der Waals surface area contributed by atoms with Crippen molar-refractivity contribution in [2.75, 3.05) is 38.8 Å². The Morgan fingerprint density at radius 3 is 2.03 bits per heavy atom. The van der Waals surface area contributed by atoms with Crippen molar-refractivity contribution < 1.29 is 9.47 Å². The summed E-state index contributed by atoms with van der Waals surface area (Å²) in [4.78, 5) is 2.55. The highest BCUT2D eigenvalue weighted by atomic mass is 16.5. The van der Waals surface area contributed by atoms with E-state index in [1.54, 1.807) is 14.2 Å². The van der Waals surface area contributed by atoms with E-state index in [-0.39, 0.29) is 0 Å². The topological polar surface area (TPSA) is 33.7 Å². The van der Waals surface area contributed by atoms with Crippen molar-refractivity contribution in [1.29, 1.82) is 0 Å². The summed E-state index contributed by atoms with van der Waals surface area (Å²) in [5.41, 5.74) is 6.99. The zero-order valence-corrected chi connectivity index (χ0v) is 20.7. The smallest absolute Gasteiger partial charge is 0.160 e. The molecule has 0 aliphatic carbocycles. The fraction of sp³-hybridized carbons (Fsp3) is 0.400. The van der Waals surface area contributed by atoms with Crippen molar-refractivity contribution in [3.63, 3.8) is 0 Å². The molecule has 0 unspecified atom stereocenters. The average Bonchev–Trinajstić information content (AvgIpc) is 3.04. The number of hydrogen-bond acceptors (Lipinski definition) is 4. The summed E-state index contributed by atoms with van der Waals surface area (Å²) in [5.74, 6) is 1.58. The maximum atomic E-state index is 5.40. The molecule has 1 heterocycles. The van der Waals surface area contributed by atoms with Crippen LogP contribution in [-0.2, 0) is 19.3 Å². The number of hydrogen-bond donors (Lipinski definition) is 1. The summed E-state index contributed by atoms with van der Waals surface area (Å²) in [5, 5.41) is 3.59. The van der Waals surface area contributed by atoms with E-state index in [1.165, 1.54) is 53.7 Å². The highest BCUT2D eigenvalue weighted by molar-refractivity contribution is 5.71. The molecule has 4 heteroatoms. The van der Waals surface area contributed by atoms with Gasteiger partial charge in [-0.25, -0.2) is 0 Å². The molecule has 0 aromatic heterocycles. The van der Waals surface area contributed by atoms with Crippen LogP contribution in [0.25, 0.3) is 0 Å². The minimum atomic E-state index is 0.784. The summed E-state index contributed by atoms with van der Waals surface area (Å²) in [6.07, 6.45) is 8.21. The predicted molar refractivity (Wildman–Crippen MR) is 142 cm³/mol. The molecule has 4 nitrogen and oxygen atoms in total. The molecule has 3 aromatic carbocycles. The Labute approximate surface area is 204 Å². The molecule has 0 atom stereocenters. The third-order valence-corrected chi connectivity index (χ3v) is 6.75. The number of methoxy groups -OCH3 is 2. The summed E-state index contributed by atoms with van der Waals surface area (Å²) >= 11 is 0. The third kappa shape index (κ3) is 6.12. The quantitative estimate of drug-likeness (QED) is 0.321. The van der Waals surface area contributed by atoms with Gasteiger partial charge in [0.25, 0.3) is 0 Å². The van der Waals surface area contributed by atoms with Gasteiger partial charge in [-0.3, -0.25) is 0 Å². The zero-order chi connectivity index (χ0) is 23.6. The molecular formula is C30H38N2O2. The monoisotopic (exact) mass is 458 g/mol. The van der Waals surface area contributed by atoms with E-state index in [4.69, 9.17) is 9.47 Å². The van der Waals surface area contributed by atoms with Gasteiger partial charge in [0.2, 0.25) is 0 Å². The van der Waals surface area contributed by atoms with Crippen LogP contribution >= 0.6 is 0 Å². The number of nitrogens with one attached hydrogen (secondary N) is 1. The van der Waals surface area contributed by atoms with Gasteiger partial charge in [-0.05, 0) is 86.1 Å². The van der Waals surface area contributed by atoms with Crippen molar-refractivity contribution in [1.82, 2.24) is 5.32 Å². The number of ether oxygens (including phenoxy) is 2. The van der Waals surface area contributed by atoms with Gasteiger partial charge in [-0.15, -0.1) is 0 Å². The van der Waals surface area contributed by atoms with Crippen LogP contribution in [0.3, 0.4) is 0 Å². The maximum Gasteiger partial charge on any atom is 0.160 e. The number of nitrogens with zero attached hydrogens (tertiary/aromatic N) is 1. The van der Waals surface area contributed by atoms with E-state index in [2.05, 4.69) is 70.9 Å². The fourth-order valence-electron chi connectivity index (χ4n) is 4.88. The molecule has 4 rings (SSSR count). The summed E-state index contributed by atoms with van der Waals surface area (Å²) < 4.78 is 10.7. The van der Waals surface area contributed by atoms with E-state index in [0.29, 0.717) is 0 Å². The molecule has 1 aliphatic heterocycles. The van der Waals surface area contributed by atoms with Crippen molar-refractivity contribution in [3.8, 4) is 11.5 Å². The van der Waals surface area contributed by atoms with Crippen LogP contribution in [0.1, 0.15) is 42.4 Å². The van der Waals surface area contributed by atoms with Gasteiger partial charge in [0.1, 0.15) is 0 Å². The first-order chi connectivity index (χ1) is 16.8. The Morgan fingerprint density at radius 2 is 1.35 bits per heavy atom. The molecule has 3 aromatic rings. The number of fused-ring (bicyclic) bond motifs is 2. The number of rotatable bonds is 12. The second-order valence-electron chi connectivity index (χ2n) is 9.01. The Bertz CT molecular complexity index is 1000. The molecule has 34 heavy (non-hydrogen) atoms. The van der Waals surface area contributed by atoms with Crippen LogP contribution in [-0.4, -0.2) is 33.9 Å². The Kier molecular flexibility index (Phi) is 8.86. The molecule has 0 bridgehead atoms. The lowest BCUT2D eigenvalue weighted by Crippen LogP contribution is -2.20. The summed E-state index contributed by atoms with van der Waals surface area (Å²) in [7, 11) is 3.36. The lowest BCUT2D eigenvalue weighted by Gasteiger charge is -2.27. The van der Waals surface area contributed by atoms with Crippen LogP contribution in [0, 0.1) is 0 Å². The number of aryl methyl sites for hydroxylation is 2. The molecule has 0 radical (unpaired) electrons. The zero-order valence-electron chi connectivity index (χ0n) is 20.7. The lowest BCUT2D eigenvalue weighted by molar-refractivity contribution is 0.354. The largest absolute Gasteiger partial charge is 0.493 e. The second kappa shape index (κ2) is 12.5. The normalized spacial score (nSPS) is 12.6. The molecule has 1 aliphatic rings. The first-order valence-electron chi connectivity index (χ1n) is 12.6. The van der Waals surface area contributed by atoms with Gasteiger partial charge in [0.05, 0.1) is 14.2 Å². The van der Waals surface area contributed by atoms with E-state index in [1.807, 2.05) is 6.07 Å². The number of unbranched alkanes of at least 4 members (excludes halogenated alkanes) is 3. The SMILES string of the molecule is COc1ccc(CCNCCCCCCN2c3ccccc3CCc3ccccc32)cc1OC. The lowest BCUT2D eigenvalue weighted by atomic mass is 10.0. The van der Waals surface area contributed by atoms with Gasteiger partial charge < -0.3 is 19.7 Å². The molecule has 1 N–H and O–H groups in total. The number of anilines is 2. The average molecular weight is 459 g/mol. The molecule has 0 fully saturated rings. The van der Waals surface area contributed by atoms with Gasteiger partial charge in [0.15, 0.2) is 11.5 Å². The third-order valence-electron chi connectivity index (χ3n) is 6.75. The van der Waals surface area contributed by atoms with Gasteiger partial charge in [-0.2, -0.15) is 0 Å². The van der Waals surface area contributed by atoms with Crippen molar-refractivity contribution in [3.05, 3.63) is 83.4 Å². The van der Waals surface area contributed by atoms with Crippen molar-refractivity contribution >= 4 is 11.4 Å². The number of benzene rings is 3. The van der Waals surface area contributed by atoms with Gasteiger partial charge >= 0.3 is 0 Å². The predicted octanol–water partition coefficient (Wildman–Crippen LogP) is 6.33. The number of para-hydroxylation sites is 2. The maximum absolute atomic E-state index is 5.40. The van der Waals surface area contributed by atoms with E-state index in [0.717, 1.165) is 50.4 Å². The van der Waals surface area contributed by atoms with Gasteiger partial charge in [-0.1, -0.05) is 55.3 Å². The summed E-state index contributed by atoms with van der Waals surface area (Å²) in [6, 6.07) is 24.0. The first-order valence-corrected chi connectivity index (χ1v) is 12.6. The van der Waals surface area contributed by atoms with Crippen LogP contribution < -0.4 is 19.7 Å². The van der Waals surface area contributed by atoms with E-state index < -0.39 is 0 Å². The van der Waals surface area contributed by atoms with Crippen LogP contribution in [0.15, 0.2) is 66.7 Å². The van der Waals surface area contributed by atoms with E-state index in [9.17, 15) is 0 Å². The minimum absolute atomic E-state index is 0.784.